The van der Waals surface area contributed by atoms with E-state index in [9.17, 15) is 0 Å². The lowest BCUT2D eigenvalue weighted by molar-refractivity contribution is 0.0992. The highest BCUT2D eigenvalue weighted by atomic mass is 127. The molecule has 5 nitrogen and oxygen atoms in total. The van der Waals surface area contributed by atoms with E-state index in [1.807, 2.05) is 7.05 Å². The summed E-state index contributed by atoms with van der Waals surface area (Å²) >= 11 is 0. The topological polar surface area (TPSA) is 48.9 Å². The zero-order valence-corrected chi connectivity index (χ0v) is 17.4. The molecule has 138 valence electrons. The van der Waals surface area contributed by atoms with Crippen molar-refractivity contribution in [3.63, 3.8) is 0 Å². The Morgan fingerprint density at radius 3 is 2.92 bits per heavy atom. The number of para-hydroxylation sites is 1. The van der Waals surface area contributed by atoms with Gasteiger partial charge >= 0.3 is 0 Å². The van der Waals surface area contributed by atoms with Crippen LogP contribution >= 0.6 is 24.0 Å². The van der Waals surface area contributed by atoms with Crippen LogP contribution in [-0.4, -0.2) is 50.4 Å². The van der Waals surface area contributed by atoms with Crippen LogP contribution in [0.2, 0.25) is 0 Å². The quantitative estimate of drug-likeness (QED) is 0.416. The summed E-state index contributed by atoms with van der Waals surface area (Å²) in [4.78, 5) is 6.89. The smallest absolute Gasteiger partial charge is 0.191 e. The molecule has 1 aromatic rings. The van der Waals surface area contributed by atoms with Crippen molar-refractivity contribution >= 4 is 35.6 Å². The summed E-state index contributed by atoms with van der Waals surface area (Å²) < 4.78 is 5.92. The Bertz CT molecular complexity index is 623. The largest absolute Gasteiger partial charge is 0.373 e. The Morgan fingerprint density at radius 1 is 1.36 bits per heavy atom. The molecule has 3 aliphatic heterocycles. The molecule has 4 rings (SSSR count). The molecule has 0 aliphatic carbocycles. The van der Waals surface area contributed by atoms with E-state index in [1.54, 1.807) is 0 Å². The summed E-state index contributed by atoms with van der Waals surface area (Å²) in [7, 11) is 1.85. The van der Waals surface area contributed by atoms with Crippen molar-refractivity contribution in [3.8, 4) is 0 Å². The van der Waals surface area contributed by atoms with Gasteiger partial charge in [0.05, 0.1) is 18.2 Å². The summed E-state index contributed by atoms with van der Waals surface area (Å²) in [6, 6.07) is 9.59. The van der Waals surface area contributed by atoms with Gasteiger partial charge in [0.2, 0.25) is 0 Å². The number of halogens is 1. The summed E-state index contributed by atoms with van der Waals surface area (Å²) in [5.74, 6) is 0.899. The number of ether oxygens (including phenoxy) is 1. The summed E-state index contributed by atoms with van der Waals surface area (Å²) in [5, 5.41) is 7.06. The number of aliphatic imine (C=N–C) groups is 1. The average molecular weight is 456 g/mol. The fourth-order valence-electron chi connectivity index (χ4n) is 4.34. The van der Waals surface area contributed by atoms with Crippen molar-refractivity contribution < 1.29 is 4.74 Å². The lowest BCUT2D eigenvalue weighted by Crippen LogP contribution is -2.50. The SMILES string of the molecule is CN=C(NCC(C)N1CCc2ccccc21)NC1CC2CCC1O2.I. The van der Waals surface area contributed by atoms with Gasteiger partial charge < -0.3 is 20.3 Å². The second-order valence-corrected chi connectivity index (χ2v) is 7.23. The van der Waals surface area contributed by atoms with Gasteiger partial charge in [-0.3, -0.25) is 4.99 Å². The van der Waals surface area contributed by atoms with Crippen LogP contribution in [0.3, 0.4) is 0 Å². The Labute approximate surface area is 167 Å². The Kier molecular flexibility index (Phi) is 6.09. The molecular weight excluding hydrogens is 427 g/mol. The molecule has 2 saturated heterocycles. The first-order valence-corrected chi connectivity index (χ1v) is 9.22. The fraction of sp³-hybridized carbons (Fsp3) is 0.632. The van der Waals surface area contributed by atoms with Crippen LogP contribution in [0, 0.1) is 0 Å². The van der Waals surface area contributed by atoms with E-state index in [4.69, 9.17) is 4.74 Å². The van der Waals surface area contributed by atoms with E-state index in [0.29, 0.717) is 24.3 Å². The molecular formula is C19H29IN4O. The average Bonchev–Trinajstić information content (AvgIpc) is 3.32. The Hall–Kier alpha value is -1.02. The normalized spacial score (nSPS) is 28.5. The molecule has 4 atom stereocenters. The molecule has 0 amide bonds. The fourth-order valence-corrected chi connectivity index (χ4v) is 4.34. The summed E-state index contributed by atoms with van der Waals surface area (Å²) in [6.07, 6.45) is 5.50. The number of rotatable bonds is 4. The standard InChI is InChI=1S/C19H28N4O.HI/c1-13(23-10-9-14-5-3-4-6-17(14)23)12-21-19(20-2)22-16-11-15-7-8-18(16)24-15;/h3-6,13,15-16,18H,7-12H2,1-2H3,(H2,20,21,22);1H. The molecule has 0 radical (unpaired) electrons. The maximum Gasteiger partial charge on any atom is 0.191 e. The number of fused-ring (bicyclic) bond motifs is 3. The maximum atomic E-state index is 5.92. The lowest BCUT2D eigenvalue weighted by atomic mass is 9.96. The van der Waals surface area contributed by atoms with Crippen molar-refractivity contribution in [2.24, 2.45) is 4.99 Å². The Balaban J connectivity index is 0.00000182. The molecule has 0 spiro atoms. The van der Waals surface area contributed by atoms with Crippen molar-refractivity contribution in [1.29, 1.82) is 0 Å². The molecule has 4 unspecified atom stereocenters. The van der Waals surface area contributed by atoms with Crippen molar-refractivity contribution in [3.05, 3.63) is 29.8 Å². The summed E-state index contributed by atoms with van der Waals surface area (Å²) in [5.41, 5.74) is 2.85. The molecule has 2 N–H and O–H groups in total. The van der Waals surface area contributed by atoms with Gasteiger partial charge in [-0.25, -0.2) is 0 Å². The van der Waals surface area contributed by atoms with Gasteiger partial charge in [0.25, 0.3) is 0 Å². The molecule has 6 heteroatoms. The van der Waals surface area contributed by atoms with Gasteiger partial charge in [0, 0.05) is 31.9 Å². The molecule has 3 heterocycles. The third-order valence-electron chi connectivity index (χ3n) is 5.67. The minimum Gasteiger partial charge on any atom is -0.373 e. The van der Waals surface area contributed by atoms with E-state index in [0.717, 1.165) is 31.9 Å². The molecule has 0 saturated carbocycles. The minimum atomic E-state index is 0. The van der Waals surface area contributed by atoms with Crippen LogP contribution in [0.5, 0.6) is 0 Å². The first-order valence-electron chi connectivity index (χ1n) is 9.22. The van der Waals surface area contributed by atoms with E-state index in [-0.39, 0.29) is 24.0 Å². The highest BCUT2D eigenvalue weighted by molar-refractivity contribution is 14.0. The third kappa shape index (κ3) is 3.89. The monoisotopic (exact) mass is 456 g/mol. The van der Waals surface area contributed by atoms with Crippen LogP contribution in [0.25, 0.3) is 0 Å². The van der Waals surface area contributed by atoms with Gasteiger partial charge in [0.1, 0.15) is 0 Å². The Morgan fingerprint density at radius 2 is 2.20 bits per heavy atom. The van der Waals surface area contributed by atoms with Crippen molar-refractivity contribution in [2.75, 3.05) is 25.0 Å². The second-order valence-electron chi connectivity index (χ2n) is 7.23. The number of hydrogen-bond donors (Lipinski definition) is 2. The van der Waals surface area contributed by atoms with Crippen LogP contribution in [0.1, 0.15) is 31.7 Å². The first kappa shape index (κ1) is 18.8. The molecule has 25 heavy (non-hydrogen) atoms. The number of benzene rings is 1. The van der Waals surface area contributed by atoms with Gasteiger partial charge in [-0.2, -0.15) is 0 Å². The molecule has 2 fully saturated rings. The number of guanidine groups is 1. The molecule has 3 aliphatic rings. The highest BCUT2D eigenvalue weighted by Crippen LogP contribution is 2.34. The second kappa shape index (κ2) is 8.12. The van der Waals surface area contributed by atoms with E-state index in [2.05, 4.69) is 51.7 Å². The minimum absolute atomic E-state index is 0. The van der Waals surface area contributed by atoms with E-state index in [1.165, 1.54) is 24.1 Å². The first-order chi connectivity index (χ1) is 11.7. The van der Waals surface area contributed by atoms with Gasteiger partial charge in [0.15, 0.2) is 5.96 Å². The zero-order valence-electron chi connectivity index (χ0n) is 15.1. The number of anilines is 1. The molecule has 1 aromatic carbocycles. The van der Waals surface area contributed by atoms with Crippen LogP contribution in [-0.2, 0) is 11.2 Å². The zero-order chi connectivity index (χ0) is 16.5. The highest BCUT2D eigenvalue weighted by Gasteiger charge is 2.41. The lowest BCUT2D eigenvalue weighted by Gasteiger charge is -2.29. The van der Waals surface area contributed by atoms with Crippen molar-refractivity contribution in [2.45, 2.75) is 56.9 Å². The number of nitrogens with zero attached hydrogens (tertiary/aromatic N) is 2. The van der Waals surface area contributed by atoms with Gasteiger partial charge in [-0.05, 0) is 44.2 Å². The van der Waals surface area contributed by atoms with Crippen LogP contribution in [0.15, 0.2) is 29.3 Å². The number of nitrogens with one attached hydrogen (secondary N) is 2. The third-order valence-corrected chi connectivity index (χ3v) is 5.67. The predicted molar refractivity (Wildman–Crippen MR) is 113 cm³/mol. The van der Waals surface area contributed by atoms with Crippen LogP contribution in [0.4, 0.5) is 5.69 Å². The van der Waals surface area contributed by atoms with E-state index >= 15 is 0 Å². The van der Waals surface area contributed by atoms with Gasteiger partial charge in [-0.1, -0.05) is 18.2 Å². The molecule has 2 bridgehead atoms. The molecule has 0 aromatic heterocycles. The van der Waals surface area contributed by atoms with Crippen LogP contribution < -0.4 is 15.5 Å². The maximum absolute atomic E-state index is 5.92. The number of hydrogen-bond acceptors (Lipinski definition) is 3. The predicted octanol–water partition coefficient (Wildman–Crippen LogP) is 2.54. The summed E-state index contributed by atoms with van der Waals surface area (Å²) in [6.45, 7) is 4.27. The van der Waals surface area contributed by atoms with Crippen molar-refractivity contribution in [1.82, 2.24) is 10.6 Å². The van der Waals surface area contributed by atoms with Gasteiger partial charge in [-0.15, -0.1) is 24.0 Å². The van der Waals surface area contributed by atoms with E-state index < -0.39 is 0 Å².